The topological polar surface area (TPSA) is 106 Å². The van der Waals surface area contributed by atoms with E-state index in [0.717, 1.165) is 32.2 Å². The zero-order valence-corrected chi connectivity index (χ0v) is 44.3. The maximum absolute atomic E-state index is 10.2. The molecule has 0 fully saturated rings. The summed E-state index contributed by atoms with van der Waals surface area (Å²) in [6.07, 6.45) is 63.6. The van der Waals surface area contributed by atoms with Gasteiger partial charge in [0, 0.05) is 11.9 Å². The van der Waals surface area contributed by atoms with Gasteiger partial charge in [0.1, 0.15) is 0 Å². The van der Waals surface area contributed by atoms with Crippen LogP contribution in [0.5, 0.6) is 0 Å². The fourth-order valence-electron chi connectivity index (χ4n) is 7.67. The van der Waals surface area contributed by atoms with Gasteiger partial charge in [-0.1, -0.05) is 270 Å². The van der Waals surface area contributed by atoms with Gasteiger partial charge in [-0.15, -0.1) is 0 Å². The van der Waals surface area contributed by atoms with Gasteiger partial charge in [-0.2, -0.15) is 0 Å². The van der Waals surface area contributed by atoms with E-state index in [1.54, 1.807) is 0 Å². The maximum Gasteiger partial charge on any atom is 2.00 e. The molecule has 0 radical (unpaired) electrons. The molecule has 5 nitrogen and oxygen atoms in total. The van der Waals surface area contributed by atoms with Crippen molar-refractivity contribution in [3.05, 3.63) is 12.2 Å². The molecule has 0 rings (SSSR count). The molecule has 0 heterocycles. The Labute approximate surface area is 390 Å². The number of hydrogen-bond donors (Lipinski definition) is 1. The van der Waals surface area contributed by atoms with Crippen molar-refractivity contribution in [1.29, 1.82) is 0 Å². The van der Waals surface area contributed by atoms with Crippen LogP contribution in [0.25, 0.3) is 0 Å². The number of rotatable bonds is 47. The number of unbranched alkanes of at least 4 members (excludes halogenated alkanes) is 40. The van der Waals surface area contributed by atoms with Crippen LogP contribution in [0, 0.1) is 0 Å². The number of nitrogens with two attached hydrogens (primary N) is 1. The quantitative estimate of drug-likeness (QED) is 0.0372. The molecule has 0 aromatic rings. The summed E-state index contributed by atoms with van der Waals surface area (Å²) in [5.74, 6) is -1.81. The van der Waals surface area contributed by atoms with Crippen LogP contribution >= 0.6 is 0 Å². The molecule has 60 heavy (non-hydrogen) atoms. The van der Waals surface area contributed by atoms with Crippen LogP contribution < -0.4 is 15.9 Å². The van der Waals surface area contributed by atoms with Gasteiger partial charge in [0.05, 0.1) is 0 Å². The maximum atomic E-state index is 10.2. The zero-order chi connectivity index (χ0) is 43.8. The summed E-state index contributed by atoms with van der Waals surface area (Å²) < 4.78 is 0. The third-order valence-corrected chi connectivity index (χ3v) is 11.7. The van der Waals surface area contributed by atoms with E-state index >= 15 is 0 Å². The van der Waals surface area contributed by atoms with Crippen molar-refractivity contribution in [3.8, 4) is 0 Å². The summed E-state index contributed by atoms with van der Waals surface area (Å²) >= 11 is 0. The normalized spacial score (nSPS) is 10.9. The Balaban J connectivity index is -0.000000389. The second-order valence-corrected chi connectivity index (χ2v) is 17.9. The van der Waals surface area contributed by atoms with Crippen molar-refractivity contribution in [3.63, 3.8) is 0 Å². The third kappa shape index (κ3) is 74.7. The van der Waals surface area contributed by atoms with Crippen molar-refractivity contribution in [2.75, 3.05) is 6.54 Å². The van der Waals surface area contributed by atoms with Gasteiger partial charge < -0.3 is 25.5 Å². The SMILES string of the molecule is CCCCCCCC/C=C\CCCCCCCCN.CCCCCCCCCCCCCCCCCC(=O)[O-].CCCCCCCCCCCCCCCCCC(=O)[O-].[Zn+2]. The Morgan fingerprint density at radius 3 is 0.700 bits per heavy atom. The fourth-order valence-corrected chi connectivity index (χ4v) is 7.67. The van der Waals surface area contributed by atoms with E-state index in [0.29, 0.717) is 0 Å². The second-order valence-electron chi connectivity index (χ2n) is 17.9. The number of hydrogen-bond acceptors (Lipinski definition) is 5. The van der Waals surface area contributed by atoms with Crippen LogP contribution in [0.1, 0.15) is 316 Å². The Morgan fingerprint density at radius 1 is 0.317 bits per heavy atom. The minimum atomic E-state index is -0.903. The molecule has 0 amide bonds. The van der Waals surface area contributed by atoms with Gasteiger partial charge in [0.15, 0.2) is 0 Å². The van der Waals surface area contributed by atoms with Crippen LogP contribution in [0.3, 0.4) is 0 Å². The average Bonchev–Trinajstić information content (AvgIpc) is 3.22. The summed E-state index contributed by atoms with van der Waals surface area (Å²) in [6.45, 7) is 7.68. The Hall–Kier alpha value is -0.737. The van der Waals surface area contributed by atoms with E-state index in [9.17, 15) is 19.8 Å². The van der Waals surface area contributed by atoms with Crippen molar-refractivity contribution in [2.24, 2.45) is 5.73 Å². The molecular formula is C54H107NO4Zn. The number of carbonyl (C=O) groups excluding carboxylic acids is 2. The van der Waals surface area contributed by atoms with Gasteiger partial charge in [0.2, 0.25) is 0 Å². The minimum absolute atomic E-state index is 0. The smallest absolute Gasteiger partial charge is 0.550 e. The first-order chi connectivity index (χ1) is 29.0. The molecule has 0 spiro atoms. The largest absolute Gasteiger partial charge is 2.00 e. The predicted molar refractivity (Wildman–Crippen MR) is 258 cm³/mol. The molecule has 0 unspecified atom stereocenters. The van der Waals surface area contributed by atoms with Gasteiger partial charge >= 0.3 is 19.5 Å². The summed E-state index contributed by atoms with van der Waals surface area (Å²) in [6, 6.07) is 0. The Kier molecular flexibility index (Phi) is 71.2. The standard InChI is InChI=1S/C18H37N.2C18H36O2.Zn/c1-2-3-4-5-6-7-8-9-10-11-12-13-14-15-16-17-18-19;2*1-2-3-4-5-6-7-8-9-10-11-12-13-14-15-16-17-18(19)20;/h9-10H,2-8,11-19H2,1H3;2*2-17H2,1H3,(H,19,20);/q;;;+2/p-2/b10-9-;;;. The van der Waals surface area contributed by atoms with Crippen LogP contribution in [0.15, 0.2) is 12.2 Å². The zero-order valence-electron chi connectivity index (χ0n) is 41.3. The molecule has 6 heteroatoms. The van der Waals surface area contributed by atoms with Crippen LogP contribution in [-0.2, 0) is 29.1 Å². The molecule has 0 aliphatic heterocycles. The average molecular weight is 900 g/mol. The third-order valence-electron chi connectivity index (χ3n) is 11.7. The number of allylic oxidation sites excluding steroid dienone is 2. The van der Waals surface area contributed by atoms with Gasteiger partial charge in [-0.3, -0.25) is 0 Å². The molecule has 0 aliphatic rings. The van der Waals surface area contributed by atoms with Crippen molar-refractivity contribution in [2.45, 2.75) is 316 Å². The molecule has 0 atom stereocenters. The van der Waals surface area contributed by atoms with E-state index in [2.05, 4.69) is 32.9 Å². The first-order valence-electron chi connectivity index (χ1n) is 26.7. The first kappa shape index (κ1) is 65.9. The summed E-state index contributed by atoms with van der Waals surface area (Å²) in [7, 11) is 0. The van der Waals surface area contributed by atoms with E-state index in [1.807, 2.05) is 0 Å². The van der Waals surface area contributed by atoms with E-state index in [-0.39, 0.29) is 32.3 Å². The van der Waals surface area contributed by atoms with Gasteiger partial charge in [-0.05, 0) is 64.3 Å². The number of carboxylic acid groups (broad SMARTS) is 2. The van der Waals surface area contributed by atoms with E-state index in [1.165, 1.54) is 257 Å². The molecule has 0 aliphatic carbocycles. The van der Waals surface area contributed by atoms with E-state index < -0.39 is 11.9 Å². The molecule has 0 bridgehead atoms. The number of carboxylic acids is 2. The van der Waals surface area contributed by atoms with Gasteiger partial charge in [0.25, 0.3) is 0 Å². The summed E-state index contributed by atoms with van der Waals surface area (Å²) in [5, 5.41) is 20.4. The number of aliphatic carboxylic acids is 2. The van der Waals surface area contributed by atoms with Gasteiger partial charge in [-0.25, -0.2) is 0 Å². The predicted octanol–water partition coefficient (Wildman–Crippen LogP) is 16.0. The van der Waals surface area contributed by atoms with Crippen LogP contribution in [-0.4, -0.2) is 18.5 Å². The summed E-state index contributed by atoms with van der Waals surface area (Å²) in [5.41, 5.74) is 5.47. The molecule has 0 saturated heterocycles. The molecule has 0 saturated carbocycles. The molecule has 0 aromatic carbocycles. The van der Waals surface area contributed by atoms with Crippen molar-refractivity contribution < 1.29 is 39.3 Å². The fraction of sp³-hybridized carbons (Fsp3) is 0.926. The van der Waals surface area contributed by atoms with Crippen molar-refractivity contribution in [1.82, 2.24) is 0 Å². The minimum Gasteiger partial charge on any atom is -0.550 e. The Morgan fingerprint density at radius 2 is 0.500 bits per heavy atom. The molecule has 2 N–H and O–H groups in total. The molecule has 354 valence electrons. The summed E-state index contributed by atoms with van der Waals surface area (Å²) in [4.78, 5) is 20.4. The van der Waals surface area contributed by atoms with Crippen LogP contribution in [0.4, 0.5) is 0 Å². The van der Waals surface area contributed by atoms with Crippen molar-refractivity contribution >= 4 is 11.9 Å². The first-order valence-corrected chi connectivity index (χ1v) is 26.7. The monoisotopic (exact) mass is 898 g/mol. The Bertz CT molecular complexity index is 748. The van der Waals surface area contributed by atoms with Crippen LogP contribution in [0.2, 0.25) is 0 Å². The molecule has 0 aromatic heterocycles. The second kappa shape index (κ2) is 64.9. The molecular weight excluding hydrogens is 792 g/mol. The van der Waals surface area contributed by atoms with E-state index in [4.69, 9.17) is 5.73 Å². The number of carbonyl (C=O) groups is 2.